The summed E-state index contributed by atoms with van der Waals surface area (Å²) in [6.07, 6.45) is 6.63. The maximum Gasteiger partial charge on any atom is 0.226 e. The lowest BCUT2D eigenvalue weighted by molar-refractivity contribution is -0.131. The van der Waals surface area contributed by atoms with Crippen molar-refractivity contribution in [3.63, 3.8) is 0 Å². The van der Waals surface area contributed by atoms with Crippen LogP contribution in [0, 0.1) is 5.92 Å². The maximum absolute atomic E-state index is 12.6. The lowest BCUT2D eigenvalue weighted by atomic mass is 10.1. The monoisotopic (exact) mass is 363 g/mol. The number of nitrogens with zero attached hydrogens (tertiary/aromatic N) is 4. The molecule has 1 aliphatic carbocycles. The van der Waals surface area contributed by atoms with Gasteiger partial charge in [0.15, 0.2) is 0 Å². The number of H-pyrrole nitrogens is 1. The number of nitrogens with one attached hydrogen (secondary N) is 1. The Morgan fingerprint density at radius 2 is 2.15 bits per heavy atom. The molecule has 4 rings (SSSR count). The van der Waals surface area contributed by atoms with Crippen molar-refractivity contribution in [3.05, 3.63) is 60.0 Å². The van der Waals surface area contributed by atoms with Crippen LogP contribution in [0.25, 0.3) is 11.3 Å². The number of carbonyl (C=O) groups is 1. The van der Waals surface area contributed by atoms with Crippen LogP contribution < -0.4 is 0 Å². The van der Waals surface area contributed by atoms with Crippen LogP contribution >= 0.6 is 0 Å². The van der Waals surface area contributed by atoms with E-state index >= 15 is 0 Å². The zero-order valence-electron chi connectivity index (χ0n) is 15.8. The first kappa shape index (κ1) is 17.5. The third kappa shape index (κ3) is 3.94. The van der Waals surface area contributed by atoms with Gasteiger partial charge in [0.25, 0.3) is 0 Å². The maximum atomic E-state index is 12.6. The second-order valence-electron chi connectivity index (χ2n) is 7.40. The van der Waals surface area contributed by atoms with Crippen LogP contribution in [0.4, 0.5) is 0 Å². The van der Waals surface area contributed by atoms with E-state index in [1.807, 2.05) is 49.6 Å². The van der Waals surface area contributed by atoms with Gasteiger partial charge >= 0.3 is 0 Å². The molecule has 140 valence electrons. The lowest BCUT2D eigenvalue weighted by Crippen LogP contribution is -2.29. The highest BCUT2D eigenvalue weighted by Gasteiger charge is 2.45. The number of rotatable bonds is 7. The van der Waals surface area contributed by atoms with Crippen molar-refractivity contribution in [1.29, 1.82) is 0 Å². The van der Waals surface area contributed by atoms with Crippen molar-refractivity contribution in [1.82, 2.24) is 24.9 Å². The molecule has 2 unspecified atom stereocenters. The zero-order chi connectivity index (χ0) is 18.8. The molecule has 1 N–H and O–H groups in total. The van der Waals surface area contributed by atoms with Crippen LogP contribution in [0.3, 0.4) is 0 Å². The molecule has 27 heavy (non-hydrogen) atoms. The van der Waals surface area contributed by atoms with E-state index in [0.29, 0.717) is 5.92 Å². The van der Waals surface area contributed by atoms with Crippen LogP contribution in [0.15, 0.2) is 48.8 Å². The van der Waals surface area contributed by atoms with E-state index in [-0.39, 0.29) is 11.8 Å². The van der Waals surface area contributed by atoms with Crippen LogP contribution in [0.5, 0.6) is 0 Å². The van der Waals surface area contributed by atoms with Crippen molar-refractivity contribution < 1.29 is 4.79 Å². The molecular weight excluding hydrogens is 338 g/mol. The number of aromatic amines is 1. The van der Waals surface area contributed by atoms with Crippen molar-refractivity contribution in [3.8, 4) is 11.3 Å². The summed E-state index contributed by atoms with van der Waals surface area (Å²) in [4.78, 5) is 14.5. The lowest BCUT2D eigenvalue weighted by Gasteiger charge is -2.16. The van der Waals surface area contributed by atoms with Gasteiger partial charge in [0, 0.05) is 44.0 Å². The Hall–Kier alpha value is -2.89. The van der Waals surface area contributed by atoms with Gasteiger partial charge in [-0.3, -0.25) is 14.6 Å². The average molecular weight is 363 g/mol. The molecule has 2 atom stereocenters. The minimum Gasteiger partial charge on any atom is -0.345 e. The zero-order valence-corrected chi connectivity index (χ0v) is 15.8. The van der Waals surface area contributed by atoms with Crippen LogP contribution in [0.1, 0.15) is 30.0 Å². The number of amides is 1. The molecule has 1 aromatic carbocycles. The minimum absolute atomic E-state index is 0.121. The number of carbonyl (C=O) groups excluding carboxylic acids is 1. The summed E-state index contributed by atoms with van der Waals surface area (Å²) < 4.78 is 1.80. The fourth-order valence-electron chi connectivity index (χ4n) is 3.61. The molecule has 0 radical (unpaired) electrons. The van der Waals surface area contributed by atoms with E-state index < -0.39 is 0 Å². The third-order valence-electron chi connectivity index (χ3n) is 5.28. The van der Waals surface area contributed by atoms with Crippen molar-refractivity contribution >= 4 is 5.91 Å². The molecule has 1 aliphatic rings. The largest absolute Gasteiger partial charge is 0.345 e. The summed E-state index contributed by atoms with van der Waals surface area (Å²) in [6, 6.07) is 12.2. The second kappa shape index (κ2) is 7.39. The molecule has 3 aromatic rings. The first-order valence-corrected chi connectivity index (χ1v) is 9.45. The average Bonchev–Trinajstić information content (AvgIpc) is 3.12. The molecule has 0 saturated heterocycles. The number of benzene rings is 1. The highest BCUT2D eigenvalue weighted by molar-refractivity contribution is 5.82. The Balaban J connectivity index is 1.25. The van der Waals surface area contributed by atoms with Gasteiger partial charge in [-0.15, -0.1) is 0 Å². The van der Waals surface area contributed by atoms with Gasteiger partial charge in [0.2, 0.25) is 5.91 Å². The van der Waals surface area contributed by atoms with E-state index in [1.54, 1.807) is 4.68 Å². The van der Waals surface area contributed by atoms with Crippen molar-refractivity contribution in [2.24, 2.45) is 13.0 Å². The molecule has 6 heteroatoms. The Labute approximate surface area is 159 Å². The predicted molar refractivity (Wildman–Crippen MR) is 104 cm³/mol. The van der Waals surface area contributed by atoms with E-state index in [9.17, 15) is 4.79 Å². The van der Waals surface area contributed by atoms with Gasteiger partial charge in [-0.25, -0.2) is 0 Å². The van der Waals surface area contributed by atoms with Gasteiger partial charge in [-0.1, -0.05) is 30.3 Å². The Morgan fingerprint density at radius 3 is 2.89 bits per heavy atom. The van der Waals surface area contributed by atoms with E-state index in [1.165, 1.54) is 5.56 Å². The van der Waals surface area contributed by atoms with E-state index in [4.69, 9.17) is 0 Å². The molecule has 0 bridgehead atoms. The summed E-state index contributed by atoms with van der Waals surface area (Å²) in [5.41, 5.74) is 4.36. The fourth-order valence-corrected chi connectivity index (χ4v) is 3.61. The van der Waals surface area contributed by atoms with Gasteiger partial charge in [-0.2, -0.15) is 10.2 Å². The topological polar surface area (TPSA) is 66.8 Å². The summed E-state index contributed by atoms with van der Waals surface area (Å²) in [5.74, 6) is 0.712. The SMILES string of the molecule is CN(CCCc1cc(-c2ccccc2)n[nH]1)C(=O)C1CC1c1cnn(C)c1. The highest BCUT2D eigenvalue weighted by atomic mass is 16.2. The quantitative estimate of drug-likeness (QED) is 0.702. The van der Waals surface area contributed by atoms with Crippen LogP contribution in [0.2, 0.25) is 0 Å². The highest BCUT2D eigenvalue weighted by Crippen LogP contribution is 2.48. The Bertz CT molecular complexity index is 914. The molecule has 0 aliphatic heterocycles. The molecule has 1 saturated carbocycles. The number of aromatic nitrogens is 4. The standard InChI is InChI=1S/C21H25N5O/c1-25(21(27)19-12-18(19)16-13-22-26(2)14-16)10-6-9-17-11-20(24-23-17)15-7-4-3-5-8-15/h3-5,7-8,11,13-14,18-19H,6,9-10,12H2,1-2H3,(H,23,24). The summed E-state index contributed by atoms with van der Waals surface area (Å²) in [6.45, 7) is 0.759. The van der Waals surface area contributed by atoms with Gasteiger partial charge in [0.05, 0.1) is 11.9 Å². The Kier molecular flexibility index (Phi) is 4.79. The molecule has 0 spiro atoms. The fraction of sp³-hybridized carbons (Fsp3) is 0.381. The van der Waals surface area contributed by atoms with E-state index in [0.717, 1.165) is 42.8 Å². The third-order valence-corrected chi connectivity index (χ3v) is 5.28. The van der Waals surface area contributed by atoms with Crippen molar-refractivity contribution in [2.75, 3.05) is 13.6 Å². The predicted octanol–water partition coefficient (Wildman–Crippen LogP) is 3.00. The Morgan fingerprint density at radius 1 is 1.33 bits per heavy atom. The van der Waals surface area contributed by atoms with Gasteiger partial charge < -0.3 is 4.90 Å². The molecule has 1 amide bonds. The summed E-state index contributed by atoms with van der Waals surface area (Å²) in [7, 11) is 3.82. The first-order valence-electron chi connectivity index (χ1n) is 9.45. The minimum atomic E-state index is 0.121. The molecule has 6 nitrogen and oxygen atoms in total. The molecule has 1 fully saturated rings. The van der Waals surface area contributed by atoms with Crippen LogP contribution in [-0.2, 0) is 18.3 Å². The molecule has 2 aromatic heterocycles. The summed E-state index contributed by atoms with van der Waals surface area (Å²) in [5, 5.41) is 11.7. The first-order chi connectivity index (χ1) is 13.1. The molecule has 2 heterocycles. The number of hydrogen-bond acceptors (Lipinski definition) is 3. The second-order valence-corrected chi connectivity index (χ2v) is 7.40. The van der Waals surface area contributed by atoms with E-state index in [2.05, 4.69) is 33.5 Å². The normalized spacial score (nSPS) is 18.4. The molecular formula is C21H25N5O. The number of aryl methyl sites for hydroxylation is 2. The smallest absolute Gasteiger partial charge is 0.226 e. The van der Waals surface area contributed by atoms with Crippen LogP contribution in [-0.4, -0.2) is 44.4 Å². The van der Waals surface area contributed by atoms with Gasteiger partial charge in [0.1, 0.15) is 0 Å². The number of hydrogen-bond donors (Lipinski definition) is 1. The van der Waals surface area contributed by atoms with Gasteiger partial charge in [-0.05, 0) is 36.8 Å². The summed E-state index contributed by atoms with van der Waals surface area (Å²) >= 11 is 0. The van der Waals surface area contributed by atoms with Crippen molar-refractivity contribution in [2.45, 2.75) is 25.2 Å².